The summed E-state index contributed by atoms with van der Waals surface area (Å²) in [7, 11) is 0. The van der Waals surface area contributed by atoms with Crippen molar-refractivity contribution in [3.05, 3.63) is 93.0 Å². The first-order chi connectivity index (χ1) is 13.9. The molecule has 0 saturated heterocycles. The number of nitro groups is 1. The van der Waals surface area contributed by atoms with Crippen LogP contribution in [-0.2, 0) is 11.3 Å². The maximum atomic E-state index is 11.9. The highest BCUT2D eigenvalue weighted by Crippen LogP contribution is 2.35. The Balaban J connectivity index is 1.66. The van der Waals surface area contributed by atoms with Crippen LogP contribution in [-0.4, -0.2) is 11.0 Å². The fraction of sp³-hybridized carbons (Fsp3) is 0.0952. The SMILES string of the molecule is Cc1ccc(Sc2ccc(COC(=O)Nc3ccc(Cl)cc3)cc2[N+](=O)[O-])cc1. The first-order valence-electron chi connectivity index (χ1n) is 8.62. The van der Waals surface area contributed by atoms with E-state index in [0.29, 0.717) is 21.2 Å². The molecule has 0 aromatic heterocycles. The molecule has 0 unspecified atom stereocenters. The standard InChI is InChI=1S/C21H17ClN2O4S/c1-14-2-9-18(10-3-14)29-20-11-4-15(12-19(20)24(26)27)13-28-21(25)23-17-7-5-16(22)6-8-17/h2-12H,13H2,1H3,(H,23,25). The predicted molar refractivity (Wildman–Crippen MR) is 114 cm³/mol. The van der Waals surface area contributed by atoms with Crippen molar-refractivity contribution in [2.45, 2.75) is 23.3 Å². The van der Waals surface area contributed by atoms with Crippen LogP contribution in [0, 0.1) is 17.0 Å². The minimum absolute atomic E-state index is 0.0326. The van der Waals surface area contributed by atoms with Gasteiger partial charge in [0, 0.05) is 21.7 Å². The van der Waals surface area contributed by atoms with Crippen molar-refractivity contribution < 1.29 is 14.5 Å². The zero-order valence-electron chi connectivity index (χ0n) is 15.4. The van der Waals surface area contributed by atoms with Crippen LogP contribution >= 0.6 is 23.4 Å². The number of rotatable bonds is 6. The molecule has 0 heterocycles. The largest absolute Gasteiger partial charge is 0.444 e. The molecule has 0 spiro atoms. The second-order valence-corrected chi connectivity index (χ2v) is 7.73. The molecule has 3 aromatic rings. The summed E-state index contributed by atoms with van der Waals surface area (Å²) in [5, 5.41) is 14.6. The molecule has 0 fully saturated rings. The van der Waals surface area contributed by atoms with Gasteiger partial charge in [-0.2, -0.15) is 0 Å². The second kappa shape index (κ2) is 9.45. The van der Waals surface area contributed by atoms with Gasteiger partial charge in [-0.25, -0.2) is 4.79 Å². The van der Waals surface area contributed by atoms with Gasteiger partial charge in [0.2, 0.25) is 0 Å². The highest BCUT2D eigenvalue weighted by Gasteiger charge is 2.16. The smallest absolute Gasteiger partial charge is 0.411 e. The monoisotopic (exact) mass is 428 g/mol. The molecule has 148 valence electrons. The second-order valence-electron chi connectivity index (χ2n) is 6.18. The normalized spacial score (nSPS) is 10.4. The van der Waals surface area contributed by atoms with Crippen molar-refractivity contribution in [2.75, 3.05) is 5.32 Å². The molecule has 0 atom stereocenters. The quantitative estimate of drug-likeness (QED) is 0.360. The lowest BCUT2D eigenvalue weighted by molar-refractivity contribution is -0.387. The zero-order chi connectivity index (χ0) is 20.8. The Bertz CT molecular complexity index is 1020. The Morgan fingerprint density at radius 3 is 2.45 bits per heavy atom. The molecule has 0 radical (unpaired) electrons. The number of nitro benzene ring substituents is 1. The molecule has 1 amide bonds. The van der Waals surface area contributed by atoms with E-state index in [-0.39, 0.29) is 12.3 Å². The van der Waals surface area contributed by atoms with Crippen molar-refractivity contribution >= 4 is 40.8 Å². The lowest BCUT2D eigenvalue weighted by atomic mass is 10.2. The average Bonchev–Trinajstić information content (AvgIpc) is 2.70. The van der Waals surface area contributed by atoms with Crippen LogP contribution in [0.25, 0.3) is 0 Å². The number of hydrogen-bond donors (Lipinski definition) is 1. The summed E-state index contributed by atoms with van der Waals surface area (Å²) in [6.45, 7) is 1.89. The number of aryl methyl sites for hydroxylation is 1. The number of ether oxygens (including phenoxy) is 1. The van der Waals surface area contributed by atoms with Gasteiger partial charge in [-0.3, -0.25) is 15.4 Å². The van der Waals surface area contributed by atoms with Crippen molar-refractivity contribution in [1.29, 1.82) is 0 Å². The lowest BCUT2D eigenvalue weighted by Gasteiger charge is -2.09. The van der Waals surface area contributed by atoms with Crippen LogP contribution in [0.3, 0.4) is 0 Å². The van der Waals surface area contributed by atoms with E-state index in [1.807, 2.05) is 31.2 Å². The van der Waals surface area contributed by atoms with Gasteiger partial charge in [-0.1, -0.05) is 47.1 Å². The van der Waals surface area contributed by atoms with Crippen molar-refractivity contribution in [2.24, 2.45) is 0 Å². The first-order valence-corrected chi connectivity index (χ1v) is 9.81. The topological polar surface area (TPSA) is 81.5 Å². The van der Waals surface area contributed by atoms with E-state index in [0.717, 1.165) is 10.5 Å². The molecular weight excluding hydrogens is 412 g/mol. The summed E-state index contributed by atoms with van der Waals surface area (Å²) in [5.41, 5.74) is 2.15. The number of hydrogen-bond acceptors (Lipinski definition) is 5. The predicted octanol–water partition coefficient (Wildman–Crippen LogP) is 6.46. The molecule has 3 rings (SSSR count). The van der Waals surface area contributed by atoms with Crippen LogP contribution in [0.2, 0.25) is 5.02 Å². The van der Waals surface area contributed by atoms with Crippen molar-refractivity contribution in [3.63, 3.8) is 0 Å². The molecule has 0 bridgehead atoms. The Kier molecular flexibility index (Phi) is 6.74. The molecule has 0 aliphatic carbocycles. The molecule has 0 aliphatic rings. The van der Waals surface area contributed by atoms with E-state index in [4.69, 9.17) is 16.3 Å². The fourth-order valence-corrected chi connectivity index (χ4v) is 3.48. The Labute approximate surface area is 177 Å². The number of carbonyl (C=O) groups is 1. The van der Waals surface area contributed by atoms with E-state index in [1.54, 1.807) is 36.4 Å². The van der Waals surface area contributed by atoms with Crippen molar-refractivity contribution in [3.8, 4) is 0 Å². The van der Waals surface area contributed by atoms with Crippen molar-refractivity contribution in [1.82, 2.24) is 0 Å². The van der Waals surface area contributed by atoms with E-state index in [1.165, 1.54) is 17.8 Å². The van der Waals surface area contributed by atoms with E-state index in [9.17, 15) is 14.9 Å². The summed E-state index contributed by atoms with van der Waals surface area (Å²) in [6, 6.07) is 19.1. The Hall–Kier alpha value is -3.03. The third-order valence-corrected chi connectivity index (χ3v) is 5.25. The number of nitrogens with zero attached hydrogens (tertiary/aromatic N) is 1. The summed E-state index contributed by atoms with van der Waals surface area (Å²) < 4.78 is 5.16. The van der Waals surface area contributed by atoms with Crippen LogP contribution in [0.4, 0.5) is 16.2 Å². The number of benzene rings is 3. The summed E-state index contributed by atoms with van der Waals surface area (Å²) in [5.74, 6) is 0. The minimum atomic E-state index is -0.659. The maximum Gasteiger partial charge on any atom is 0.411 e. The molecular formula is C21H17ClN2O4S. The molecule has 1 N–H and O–H groups in total. The van der Waals surface area contributed by atoms with Crippen LogP contribution < -0.4 is 5.32 Å². The Morgan fingerprint density at radius 2 is 1.79 bits per heavy atom. The Morgan fingerprint density at radius 1 is 1.10 bits per heavy atom. The summed E-state index contributed by atoms with van der Waals surface area (Å²) in [4.78, 5) is 24.4. The zero-order valence-corrected chi connectivity index (χ0v) is 17.0. The molecule has 0 saturated carbocycles. The summed E-state index contributed by atoms with van der Waals surface area (Å²) >= 11 is 7.11. The number of amides is 1. The van der Waals surface area contributed by atoms with Gasteiger partial charge < -0.3 is 4.74 Å². The van der Waals surface area contributed by atoms with Crippen LogP contribution in [0.5, 0.6) is 0 Å². The van der Waals surface area contributed by atoms with Gasteiger partial charge in [0.25, 0.3) is 5.69 Å². The average molecular weight is 429 g/mol. The van der Waals surface area contributed by atoms with Gasteiger partial charge in [0.1, 0.15) is 6.61 Å². The molecule has 0 aliphatic heterocycles. The maximum absolute atomic E-state index is 11.9. The number of carbonyl (C=O) groups excluding carboxylic acids is 1. The highest BCUT2D eigenvalue weighted by molar-refractivity contribution is 7.99. The van der Waals surface area contributed by atoms with Crippen LogP contribution in [0.15, 0.2) is 76.5 Å². The van der Waals surface area contributed by atoms with Gasteiger partial charge >= 0.3 is 6.09 Å². The third kappa shape index (κ3) is 5.97. The third-order valence-electron chi connectivity index (χ3n) is 3.93. The van der Waals surface area contributed by atoms with Gasteiger partial charge in [0.05, 0.1) is 9.82 Å². The summed E-state index contributed by atoms with van der Waals surface area (Å²) in [6.07, 6.45) is -0.659. The number of nitrogens with one attached hydrogen (secondary N) is 1. The molecule has 8 heteroatoms. The molecule has 3 aromatic carbocycles. The highest BCUT2D eigenvalue weighted by atomic mass is 35.5. The fourth-order valence-electron chi connectivity index (χ4n) is 2.45. The molecule has 6 nitrogen and oxygen atoms in total. The number of halogens is 1. The first kappa shape index (κ1) is 20.7. The van der Waals surface area contributed by atoms with Gasteiger partial charge in [0.15, 0.2) is 0 Å². The van der Waals surface area contributed by atoms with E-state index >= 15 is 0 Å². The van der Waals surface area contributed by atoms with E-state index < -0.39 is 11.0 Å². The number of anilines is 1. The van der Waals surface area contributed by atoms with Crippen LogP contribution in [0.1, 0.15) is 11.1 Å². The molecule has 29 heavy (non-hydrogen) atoms. The van der Waals surface area contributed by atoms with E-state index in [2.05, 4.69) is 5.32 Å². The minimum Gasteiger partial charge on any atom is -0.444 e. The van der Waals surface area contributed by atoms with Gasteiger partial charge in [-0.15, -0.1) is 0 Å². The lowest BCUT2D eigenvalue weighted by Crippen LogP contribution is -2.13. The van der Waals surface area contributed by atoms with Gasteiger partial charge in [-0.05, 0) is 55.0 Å².